The lowest BCUT2D eigenvalue weighted by molar-refractivity contribution is 0.0914. The summed E-state index contributed by atoms with van der Waals surface area (Å²) >= 11 is 6.02. The summed E-state index contributed by atoms with van der Waals surface area (Å²) in [5.74, 6) is 0.695. The first-order chi connectivity index (χ1) is 14.4. The fourth-order valence-corrected chi connectivity index (χ4v) is 3.53. The predicted molar refractivity (Wildman–Crippen MR) is 115 cm³/mol. The van der Waals surface area contributed by atoms with Crippen LogP contribution in [0.5, 0.6) is 0 Å². The van der Waals surface area contributed by atoms with Crippen molar-refractivity contribution in [3.05, 3.63) is 81.8 Å². The minimum atomic E-state index is -0.383. The van der Waals surface area contributed by atoms with E-state index in [9.17, 15) is 4.79 Å². The lowest BCUT2D eigenvalue weighted by Gasteiger charge is -2.10. The molecule has 3 aromatic heterocycles. The molecule has 0 aliphatic carbocycles. The third-order valence-corrected chi connectivity index (χ3v) is 5.04. The number of carbonyl (C=O) groups excluding carboxylic acids is 1. The Morgan fingerprint density at radius 1 is 1.17 bits per heavy atom. The van der Waals surface area contributed by atoms with E-state index in [1.54, 1.807) is 18.5 Å². The number of aryl methyl sites for hydroxylation is 2. The zero-order chi connectivity index (χ0) is 21.3. The number of halogens is 1. The Hall–Kier alpha value is -3.45. The highest BCUT2D eigenvalue weighted by Crippen LogP contribution is 2.20. The smallest absolute Gasteiger partial charge is 0.307 e. The number of hydrogen-bond acceptors (Lipinski definition) is 6. The minimum Gasteiger partial charge on any atom is -0.437 e. The second-order valence-electron chi connectivity index (χ2n) is 7.10. The van der Waals surface area contributed by atoms with Crippen LogP contribution in [0.15, 0.2) is 47.1 Å². The van der Waals surface area contributed by atoms with Crippen LogP contribution >= 0.6 is 11.6 Å². The molecule has 4 rings (SSSR count). The van der Waals surface area contributed by atoms with Crippen molar-refractivity contribution in [2.45, 2.75) is 26.8 Å². The Morgan fingerprint density at radius 3 is 2.80 bits per heavy atom. The van der Waals surface area contributed by atoms with E-state index in [2.05, 4.69) is 20.3 Å². The molecule has 30 heavy (non-hydrogen) atoms. The molecule has 1 amide bonds. The number of oxazole rings is 1. The van der Waals surface area contributed by atoms with Gasteiger partial charge in [0.2, 0.25) is 0 Å². The number of pyridine rings is 2. The van der Waals surface area contributed by atoms with Crippen LogP contribution in [0.4, 0.5) is 5.82 Å². The van der Waals surface area contributed by atoms with E-state index in [1.165, 1.54) is 0 Å². The number of rotatable bonds is 5. The summed E-state index contributed by atoms with van der Waals surface area (Å²) < 4.78 is 5.65. The van der Waals surface area contributed by atoms with Gasteiger partial charge in [-0.2, -0.15) is 0 Å². The molecule has 0 aliphatic rings. The van der Waals surface area contributed by atoms with Gasteiger partial charge in [0.25, 0.3) is 5.89 Å². The number of nitrogens with zero attached hydrogens (tertiary/aromatic N) is 3. The van der Waals surface area contributed by atoms with Gasteiger partial charge in [-0.3, -0.25) is 9.78 Å². The van der Waals surface area contributed by atoms with Gasteiger partial charge in [0.15, 0.2) is 0 Å². The largest absolute Gasteiger partial charge is 0.437 e. The van der Waals surface area contributed by atoms with Gasteiger partial charge >= 0.3 is 5.91 Å². The van der Waals surface area contributed by atoms with Gasteiger partial charge in [-0.1, -0.05) is 17.7 Å². The summed E-state index contributed by atoms with van der Waals surface area (Å²) in [5.41, 5.74) is 10.3. The number of nitrogens with one attached hydrogen (secondary N) is 1. The molecule has 0 radical (unpaired) electrons. The number of amides is 1. The number of carbonyl (C=O) groups is 1. The number of anilines is 1. The summed E-state index contributed by atoms with van der Waals surface area (Å²) in [6.45, 7) is 4.11. The molecule has 1 aromatic carbocycles. The zero-order valence-corrected chi connectivity index (χ0v) is 17.3. The molecule has 3 heterocycles. The Kier molecular flexibility index (Phi) is 5.37. The summed E-state index contributed by atoms with van der Waals surface area (Å²) in [6.07, 6.45) is 3.69. The maximum Gasteiger partial charge on any atom is 0.307 e. The highest BCUT2D eigenvalue weighted by Gasteiger charge is 2.15. The quantitative estimate of drug-likeness (QED) is 0.504. The molecule has 7 nitrogen and oxygen atoms in total. The van der Waals surface area contributed by atoms with Crippen LogP contribution < -0.4 is 11.1 Å². The molecule has 0 fully saturated rings. The van der Waals surface area contributed by atoms with Crippen LogP contribution in [0.3, 0.4) is 0 Å². The van der Waals surface area contributed by atoms with Gasteiger partial charge in [0.05, 0.1) is 16.7 Å². The van der Waals surface area contributed by atoms with Crippen LogP contribution in [-0.2, 0) is 13.0 Å². The van der Waals surface area contributed by atoms with E-state index >= 15 is 0 Å². The third-order valence-electron chi connectivity index (χ3n) is 4.84. The maximum atomic E-state index is 12.5. The monoisotopic (exact) mass is 421 g/mol. The van der Waals surface area contributed by atoms with Crippen LogP contribution in [0.25, 0.3) is 10.9 Å². The molecule has 0 bridgehead atoms. The van der Waals surface area contributed by atoms with Crippen LogP contribution in [0.2, 0.25) is 5.02 Å². The molecule has 8 heteroatoms. The first kappa shape index (κ1) is 19.8. The van der Waals surface area contributed by atoms with Crippen molar-refractivity contribution in [1.29, 1.82) is 0 Å². The second kappa shape index (κ2) is 8.12. The number of hydrogen-bond donors (Lipinski definition) is 2. The van der Waals surface area contributed by atoms with Gasteiger partial charge < -0.3 is 15.5 Å². The first-order valence-corrected chi connectivity index (χ1v) is 9.76. The van der Waals surface area contributed by atoms with E-state index in [-0.39, 0.29) is 11.8 Å². The number of nitrogen functional groups attached to an aromatic ring is 1. The van der Waals surface area contributed by atoms with E-state index < -0.39 is 0 Å². The molecular weight excluding hydrogens is 402 g/mol. The molecule has 0 saturated heterocycles. The molecular formula is C22H20ClN5O2. The summed E-state index contributed by atoms with van der Waals surface area (Å²) in [4.78, 5) is 25.1. The highest BCUT2D eigenvalue weighted by atomic mass is 35.5. The van der Waals surface area contributed by atoms with Crippen molar-refractivity contribution in [1.82, 2.24) is 20.3 Å². The molecule has 0 atom stereocenters. The van der Waals surface area contributed by atoms with Crippen LogP contribution in [0, 0.1) is 13.8 Å². The average molecular weight is 422 g/mol. The summed E-state index contributed by atoms with van der Waals surface area (Å²) in [7, 11) is 0. The molecule has 4 aromatic rings. The standard InChI is InChI=1S/C22H20ClN5O2/c1-12-5-20(24)28-13(2)18(12)11-26-21(29)22-27-10-17(30-22)7-14-3-4-19-15(6-14)8-16(23)9-25-19/h3-6,8-10H,7,11H2,1-2H3,(H2,24,28)(H,26,29). The third kappa shape index (κ3) is 4.26. The minimum absolute atomic E-state index is 0.0224. The maximum absolute atomic E-state index is 12.5. The SMILES string of the molecule is Cc1cc(N)nc(C)c1CNC(=O)c1ncc(Cc2ccc3ncc(Cl)cc3c2)o1. The fraction of sp³-hybridized carbons (Fsp3) is 0.182. The van der Waals surface area contributed by atoms with E-state index in [0.29, 0.717) is 29.6 Å². The predicted octanol–water partition coefficient (Wildman–Crippen LogP) is 3.99. The van der Waals surface area contributed by atoms with Crippen molar-refractivity contribution in [2.75, 3.05) is 5.73 Å². The summed E-state index contributed by atoms with van der Waals surface area (Å²) in [5, 5.41) is 4.35. The first-order valence-electron chi connectivity index (χ1n) is 9.39. The molecule has 0 spiro atoms. The number of fused-ring (bicyclic) bond motifs is 1. The number of aromatic nitrogens is 3. The van der Waals surface area contributed by atoms with Crippen LogP contribution in [-0.4, -0.2) is 20.9 Å². The Bertz CT molecular complexity index is 1230. The van der Waals surface area contributed by atoms with Crippen molar-refractivity contribution >= 4 is 34.2 Å². The van der Waals surface area contributed by atoms with Gasteiger partial charge in [0, 0.05) is 30.2 Å². The van der Waals surface area contributed by atoms with E-state index in [4.69, 9.17) is 21.8 Å². The van der Waals surface area contributed by atoms with Gasteiger partial charge in [-0.25, -0.2) is 9.97 Å². The zero-order valence-electron chi connectivity index (χ0n) is 16.6. The molecule has 3 N–H and O–H groups in total. The molecule has 0 saturated carbocycles. The topological polar surface area (TPSA) is 107 Å². The van der Waals surface area contributed by atoms with Crippen LogP contribution in [0.1, 0.15) is 38.8 Å². The van der Waals surface area contributed by atoms with Gasteiger partial charge in [-0.05, 0) is 54.8 Å². The van der Waals surface area contributed by atoms with Gasteiger partial charge in [-0.15, -0.1) is 0 Å². The van der Waals surface area contributed by atoms with E-state index in [0.717, 1.165) is 33.3 Å². The molecule has 0 unspecified atom stereocenters. The fourth-order valence-electron chi connectivity index (χ4n) is 3.36. The normalized spacial score (nSPS) is 11.0. The van der Waals surface area contributed by atoms with Crippen molar-refractivity contribution < 1.29 is 9.21 Å². The van der Waals surface area contributed by atoms with Gasteiger partial charge in [0.1, 0.15) is 11.6 Å². The average Bonchev–Trinajstić information content (AvgIpc) is 3.15. The Labute approximate surface area is 178 Å². The lowest BCUT2D eigenvalue weighted by Crippen LogP contribution is -2.24. The second-order valence-corrected chi connectivity index (χ2v) is 7.54. The lowest BCUT2D eigenvalue weighted by atomic mass is 10.1. The molecule has 152 valence electrons. The Balaban J connectivity index is 1.44. The van der Waals surface area contributed by atoms with Crippen molar-refractivity contribution in [3.8, 4) is 0 Å². The Morgan fingerprint density at radius 2 is 2.00 bits per heavy atom. The number of benzene rings is 1. The van der Waals surface area contributed by atoms with E-state index in [1.807, 2.05) is 38.1 Å². The number of nitrogens with two attached hydrogens (primary N) is 1. The summed E-state index contributed by atoms with van der Waals surface area (Å²) in [6, 6.07) is 9.53. The van der Waals surface area contributed by atoms with Crippen molar-refractivity contribution in [3.63, 3.8) is 0 Å². The van der Waals surface area contributed by atoms with Crippen molar-refractivity contribution in [2.24, 2.45) is 0 Å². The molecule has 0 aliphatic heterocycles. The highest BCUT2D eigenvalue weighted by molar-refractivity contribution is 6.31.